The van der Waals surface area contributed by atoms with E-state index in [4.69, 9.17) is 9.84 Å². The van der Waals surface area contributed by atoms with Gasteiger partial charge in [0.15, 0.2) is 12.4 Å². The summed E-state index contributed by atoms with van der Waals surface area (Å²) in [5, 5.41) is 9.00. The maximum Gasteiger partial charge on any atom is 0.341 e. The summed E-state index contributed by atoms with van der Waals surface area (Å²) in [5.74, 6) is 0.230. The number of carbonyl (C=O) groups is 1. The van der Waals surface area contributed by atoms with Gasteiger partial charge in [-0.1, -0.05) is 18.2 Å². The monoisotopic (exact) mass is 404 g/mol. The number of nitrogens with zero attached hydrogens (tertiary/aromatic N) is 4. The van der Waals surface area contributed by atoms with Crippen LogP contribution in [-0.2, 0) is 11.3 Å². The third-order valence-corrected chi connectivity index (χ3v) is 5.12. The lowest BCUT2D eigenvalue weighted by Crippen LogP contribution is -2.46. The number of anilines is 1. The van der Waals surface area contributed by atoms with Gasteiger partial charge in [0.05, 0.1) is 0 Å². The third-order valence-electron chi connectivity index (χ3n) is 5.12. The molecular formula is C23H24N4O3. The number of benzene rings is 2. The molecule has 7 nitrogen and oxygen atoms in total. The molecular weight excluding hydrogens is 380 g/mol. The standard InChI is InChI=1S/C23H24N4O3/c28-22(29)17-30-21-8-7-18(23-24-9-4-10-25-23)15-19(21)16-26-11-13-27(14-12-26)20-5-2-1-3-6-20/h1-10,15H,11-14,16-17H2,(H,28,29). The Morgan fingerprint density at radius 1 is 0.967 bits per heavy atom. The van der Waals surface area contributed by atoms with Crippen LogP contribution in [-0.4, -0.2) is 58.7 Å². The Hall–Kier alpha value is -3.45. The molecule has 0 atom stereocenters. The maximum atomic E-state index is 11.0. The van der Waals surface area contributed by atoms with Gasteiger partial charge < -0.3 is 14.7 Å². The van der Waals surface area contributed by atoms with Crippen molar-refractivity contribution in [3.63, 3.8) is 0 Å². The minimum Gasteiger partial charge on any atom is -0.482 e. The predicted octanol–water partition coefficient (Wildman–Crippen LogP) is 2.93. The van der Waals surface area contributed by atoms with Crippen molar-refractivity contribution in [2.75, 3.05) is 37.7 Å². The zero-order valence-corrected chi connectivity index (χ0v) is 16.6. The second kappa shape index (κ2) is 9.37. The molecule has 0 bridgehead atoms. The third kappa shape index (κ3) is 4.93. The number of rotatable bonds is 7. The normalized spacial score (nSPS) is 14.5. The van der Waals surface area contributed by atoms with Crippen LogP contribution in [0.5, 0.6) is 5.75 Å². The Morgan fingerprint density at radius 3 is 2.40 bits per heavy atom. The molecule has 7 heteroatoms. The summed E-state index contributed by atoms with van der Waals surface area (Å²) in [7, 11) is 0. The molecule has 0 spiro atoms. The van der Waals surface area contributed by atoms with Crippen LogP contribution < -0.4 is 9.64 Å². The molecule has 0 amide bonds. The Balaban J connectivity index is 1.49. The first-order valence-corrected chi connectivity index (χ1v) is 9.96. The highest BCUT2D eigenvalue weighted by Gasteiger charge is 2.19. The lowest BCUT2D eigenvalue weighted by atomic mass is 10.1. The van der Waals surface area contributed by atoms with Gasteiger partial charge in [-0.3, -0.25) is 4.90 Å². The zero-order valence-electron chi connectivity index (χ0n) is 16.6. The molecule has 0 radical (unpaired) electrons. The SMILES string of the molecule is O=C(O)COc1ccc(-c2ncccn2)cc1CN1CCN(c2ccccc2)CC1. The van der Waals surface area contributed by atoms with Crippen molar-refractivity contribution in [1.29, 1.82) is 0 Å². The highest BCUT2D eigenvalue weighted by molar-refractivity contribution is 5.68. The molecule has 4 rings (SSSR count). The summed E-state index contributed by atoms with van der Waals surface area (Å²) >= 11 is 0. The zero-order chi connectivity index (χ0) is 20.8. The molecule has 1 saturated heterocycles. The van der Waals surface area contributed by atoms with Crippen molar-refractivity contribution in [3.05, 3.63) is 72.6 Å². The van der Waals surface area contributed by atoms with Crippen LogP contribution in [0.3, 0.4) is 0 Å². The number of hydrogen-bond acceptors (Lipinski definition) is 6. The van der Waals surface area contributed by atoms with Gasteiger partial charge in [-0.05, 0) is 36.4 Å². The van der Waals surface area contributed by atoms with Crippen molar-refractivity contribution in [3.8, 4) is 17.1 Å². The van der Waals surface area contributed by atoms with Gasteiger partial charge in [0.1, 0.15) is 5.75 Å². The quantitative estimate of drug-likeness (QED) is 0.649. The van der Waals surface area contributed by atoms with E-state index in [1.165, 1.54) is 5.69 Å². The molecule has 0 saturated carbocycles. The van der Waals surface area contributed by atoms with Crippen molar-refractivity contribution in [2.24, 2.45) is 0 Å². The first-order chi connectivity index (χ1) is 14.7. The van der Waals surface area contributed by atoms with E-state index < -0.39 is 5.97 Å². The molecule has 1 aromatic heterocycles. The fourth-order valence-corrected chi connectivity index (χ4v) is 3.61. The number of ether oxygens (including phenoxy) is 1. The number of aliphatic carboxylic acids is 1. The molecule has 0 aliphatic carbocycles. The van der Waals surface area contributed by atoms with Crippen LogP contribution in [0.2, 0.25) is 0 Å². The number of carboxylic acids is 1. The lowest BCUT2D eigenvalue weighted by molar-refractivity contribution is -0.139. The fraction of sp³-hybridized carbons (Fsp3) is 0.261. The minimum absolute atomic E-state index is 0.365. The summed E-state index contributed by atoms with van der Waals surface area (Å²) < 4.78 is 5.54. The topological polar surface area (TPSA) is 78.8 Å². The van der Waals surface area contributed by atoms with Gasteiger partial charge in [-0.25, -0.2) is 14.8 Å². The molecule has 2 heterocycles. The molecule has 1 aliphatic heterocycles. The van der Waals surface area contributed by atoms with E-state index in [1.807, 2.05) is 24.3 Å². The summed E-state index contributed by atoms with van der Waals surface area (Å²) in [6, 6.07) is 17.9. The molecule has 1 fully saturated rings. The Kier molecular flexibility index (Phi) is 6.20. The molecule has 1 aliphatic rings. The Morgan fingerprint density at radius 2 is 1.70 bits per heavy atom. The van der Waals surface area contributed by atoms with Gasteiger partial charge in [0.25, 0.3) is 0 Å². The van der Waals surface area contributed by atoms with E-state index >= 15 is 0 Å². The number of piperazine rings is 1. The molecule has 1 N–H and O–H groups in total. The number of carboxylic acid groups (broad SMARTS) is 1. The lowest BCUT2D eigenvalue weighted by Gasteiger charge is -2.36. The van der Waals surface area contributed by atoms with Gasteiger partial charge >= 0.3 is 5.97 Å². The van der Waals surface area contributed by atoms with Gasteiger partial charge in [0.2, 0.25) is 0 Å². The van der Waals surface area contributed by atoms with E-state index in [1.54, 1.807) is 18.5 Å². The molecule has 3 aromatic rings. The van der Waals surface area contributed by atoms with Gasteiger partial charge in [-0.2, -0.15) is 0 Å². The van der Waals surface area contributed by atoms with Crippen LogP contribution in [0.4, 0.5) is 5.69 Å². The van der Waals surface area contributed by atoms with Crippen LogP contribution >= 0.6 is 0 Å². The summed E-state index contributed by atoms with van der Waals surface area (Å²) in [6.45, 7) is 4.03. The number of hydrogen-bond donors (Lipinski definition) is 1. The van der Waals surface area contributed by atoms with Crippen molar-refractivity contribution in [2.45, 2.75) is 6.54 Å². The maximum absolute atomic E-state index is 11.0. The van der Waals surface area contributed by atoms with Gasteiger partial charge in [0, 0.05) is 61.9 Å². The van der Waals surface area contributed by atoms with E-state index in [0.29, 0.717) is 18.1 Å². The van der Waals surface area contributed by atoms with E-state index in [9.17, 15) is 4.79 Å². The second-order valence-corrected chi connectivity index (χ2v) is 7.18. The largest absolute Gasteiger partial charge is 0.482 e. The first-order valence-electron chi connectivity index (χ1n) is 9.96. The van der Waals surface area contributed by atoms with Crippen LogP contribution in [0, 0.1) is 0 Å². The Bertz CT molecular complexity index is 974. The summed E-state index contributed by atoms with van der Waals surface area (Å²) in [6.07, 6.45) is 3.42. The average molecular weight is 404 g/mol. The van der Waals surface area contributed by atoms with E-state index in [0.717, 1.165) is 37.3 Å². The summed E-state index contributed by atoms with van der Waals surface area (Å²) in [5.41, 5.74) is 3.07. The number of aromatic nitrogens is 2. The molecule has 154 valence electrons. The van der Waals surface area contributed by atoms with Crippen molar-refractivity contribution in [1.82, 2.24) is 14.9 Å². The average Bonchev–Trinajstić information content (AvgIpc) is 2.80. The first kappa shape index (κ1) is 19.8. The van der Waals surface area contributed by atoms with E-state index in [-0.39, 0.29) is 6.61 Å². The van der Waals surface area contributed by atoms with Gasteiger partial charge in [-0.15, -0.1) is 0 Å². The van der Waals surface area contributed by atoms with Crippen molar-refractivity contribution >= 4 is 11.7 Å². The van der Waals surface area contributed by atoms with Crippen LogP contribution in [0.1, 0.15) is 5.56 Å². The van der Waals surface area contributed by atoms with Crippen LogP contribution in [0.15, 0.2) is 67.0 Å². The minimum atomic E-state index is -0.993. The fourth-order valence-electron chi connectivity index (χ4n) is 3.61. The highest BCUT2D eigenvalue weighted by Crippen LogP contribution is 2.27. The van der Waals surface area contributed by atoms with Crippen LogP contribution in [0.25, 0.3) is 11.4 Å². The van der Waals surface area contributed by atoms with E-state index in [2.05, 4.69) is 44.0 Å². The molecule has 2 aromatic carbocycles. The Labute approximate surface area is 175 Å². The summed E-state index contributed by atoms with van der Waals surface area (Å²) in [4.78, 5) is 24.3. The number of para-hydroxylation sites is 1. The molecule has 30 heavy (non-hydrogen) atoms. The predicted molar refractivity (Wildman–Crippen MR) is 115 cm³/mol. The smallest absolute Gasteiger partial charge is 0.341 e. The highest BCUT2D eigenvalue weighted by atomic mass is 16.5. The van der Waals surface area contributed by atoms with Crippen molar-refractivity contribution < 1.29 is 14.6 Å². The molecule has 0 unspecified atom stereocenters. The second-order valence-electron chi connectivity index (χ2n) is 7.18.